The van der Waals surface area contributed by atoms with Gasteiger partial charge in [-0.25, -0.2) is 0 Å². The minimum absolute atomic E-state index is 0.141. The van der Waals surface area contributed by atoms with E-state index >= 15 is 0 Å². The highest BCUT2D eigenvalue weighted by Gasteiger charge is 2.13. The molecule has 126 valence electrons. The van der Waals surface area contributed by atoms with Gasteiger partial charge in [-0.15, -0.1) is 0 Å². The number of nitrogens with zero attached hydrogens (tertiary/aromatic N) is 1. The molecule has 0 saturated heterocycles. The molecule has 0 aliphatic rings. The predicted octanol–water partition coefficient (Wildman–Crippen LogP) is 4.08. The van der Waals surface area contributed by atoms with E-state index in [-0.39, 0.29) is 11.8 Å². The van der Waals surface area contributed by atoms with Crippen LogP contribution in [0.15, 0.2) is 42.5 Å². The van der Waals surface area contributed by atoms with Gasteiger partial charge in [0.05, 0.1) is 10.0 Å². The topological polar surface area (TPSA) is 49.4 Å². The second kappa shape index (κ2) is 8.18. The maximum atomic E-state index is 12.1. The number of aryl methyl sites for hydroxylation is 1. The molecule has 0 heterocycles. The molecular formula is C18H18Cl2N2O2. The van der Waals surface area contributed by atoms with Gasteiger partial charge in [-0.1, -0.05) is 40.9 Å². The van der Waals surface area contributed by atoms with Crippen LogP contribution >= 0.6 is 23.2 Å². The lowest BCUT2D eigenvalue weighted by molar-refractivity contribution is -0.116. The number of amides is 2. The van der Waals surface area contributed by atoms with Crippen LogP contribution in [-0.4, -0.2) is 24.9 Å². The minimum Gasteiger partial charge on any atom is -0.350 e. The van der Waals surface area contributed by atoms with Crippen molar-refractivity contribution >= 4 is 40.7 Å². The van der Waals surface area contributed by atoms with E-state index in [0.717, 1.165) is 5.56 Å². The minimum atomic E-state index is -0.170. The van der Waals surface area contributed by atoms with Crippen molar-refractivity contribution < 1.29 is 9.59 Å². The van der Waals surface area contributed by atoms with Gasteiger partial charge in [-0.2, -0.15) is 0 Å². The molecule has 1 N–H and O–H groups in total. The molecule has 24 heavy (non-hydrogen) atoms. The maximum absolute atomic E-state index is 12.1. The Labute approximate surface area is 151 Å². The van der Waals surface area contributed by atoms with Gasteiger partial charge in [-0.05, 0) is 37.3 Å². The van der Waals surface area contributed by atoms with E-state index in [9.17, 15) is 9.59 Å². The zero-order valence-corrected chi connectivity index (χ0v) is 15.0. The summed E-state index contributed by atoms with van der Waals surface area (Å²) < 4.78 is 0. The smallest absolute Gasteiger partial charge is 0.251 e. The molecule has 0 fully saturated rings. The fourth-order valence-electron chi connectivity index (χ4n) is 2.29. The van der Waals surface area contributed by atoms with Crippen LogP contribution in [-0.2, 0) is 4.79 Å². The van der Waals surface area contributed by atoms with E-state index in [1.54, 1.807) is 29.2 Å². The van der Waals surface area contributed by atoms with Gasteiger partial charge in [0.25, 0.3) is 5.91 Å². The first kappa shape index (κ1) is 18.3. The SMILES string of the molecule is CC(=O)N(CCNC(=O)c1cccc(C)c1)c1ccc(Cl)c(Cl)c1. The summed E-state index contributed by atoms with van der Waals surface area (Å²) >= 11 is 11.9. The molecule has 0 radical (unpaired) electrons. The summed E-state index contributed by atoms with van der Waals surface area (Å²) in [5, 5.41) is 3.62. The van der Waals surface area contributed by atoms with E-state index in [1.807, 2.05) is 25.1 Å². The quantitative estimate of drug-likeness (QED) is 0.868. The van der Waals surface area contributed by atoms with Gasteiger partial charge >= 0.3 is 0 Å². The lowest BCUT2D eigenvalue weighted by Crippen LogP contribution is -2.37. The summed E-state index contributed by atoms with van der Waals surface area (Å²) in [6.45, 7) is 4.06. The van der Waals surface area contributed by atoms with Gasteiger partial charge in [0.2, 0.25) is 5.91 Å². The average molecular weight is 365 g/mol. The second-order valence-corrected chi connectivity index (χ2v) is 6.21. The van der Waals surface area contributed by atoms with Crippen molar-refractivity contribution in [2.24, 2.45) is 0 Å². The highest BCUT2D eigenvalue weighted by atomic mass is 35.5. The van der Waals surface area contributed by atoms with Crippen LogP contribution in [0.2, 0.25) is 10.0 Å². The molecule has 0 aromatic heterocycles. The first-order valence-electron chi connectivity index (χ1n) is 7.46. The van der Waals surface area contributed by atoms with Crippen LogP contribution in [0.4, 0.5) is 5.69 Å². The molecule has 2 amide bonds. The van der Waals surface area contributed by atoms with Gasteiger partial charge < -0.3 is 10.2 Å². The first-order valence-corrected chi connectivity index (χ1v) is 8.22. The van der Waals surface area contributed by atoms with Crippen molar-refractivity contribution in [2.75, 3.05) is 18.0 Å². The van der Waals surface area contributed by atoms with E-state index in [0.29, 0.717) is 34.4 Å². The van der Waals surface area contributed by atoms with E-state index in [2.05, 4.69) is 5.32 Å². The van der Waals surface area contributed by atoms with Gasteiger partial charge in [-0.3, -0.25) is 9.59 Å². The molecule has 0 bridgehead atoms. The Balaban J connectivity index is 2.00. The molecule has 0 saturated carbocycles. The Hall–Kier alpha value is -2.04. The number of carbonyl (C=O) groups excluding carboxylic acids is 2. The number of carbonyl (C=O) groups is 2. The summed E-state index contributed by atoms with van der Waals surface area (Å²) in [4.78, 5) is 25.5. The lowest BCUT2D eigenvalue weighted by Gasteiger charge is -2.22. The monoisotopic (exact) mass is 364 g/mol. The zero-order valence-electron chi connectivity index (χ0n) is 13.5. The van der Waals surface area contributed by atoms with E-state index in [4.69, 9.17) is 23.2 Å². The normalized spacial score (nSPS) is 10.3. The fraction of sp³-hybridized carbons (Fsp3) is 0.222. The van der Waals surface area contributed by atoms with Crippen molar-refractivity contribution in [3.63, 3.8) is 0 Å². The highest BCUT2D eigenvalue weighted by molar-refractivity contribution is 6.42. The molecule has 0 aliphatic heterocycles. The van der Waals surface area contributed by atoms with Crippen LogP contribution in [0.1, 0.15) is 22.8 Å². The number of hydrogen-bond acceptors (Lipinski definition) is 2. The second-order valence-electron chi connectivity index (χ2n) is 5.39. The number of hydrogen-bond donors (Lipinski definition) is 1. The number of rotatable bonds is 5. The molecule has 6 heteroatoms. The van der Waals surface area contributed by atoms with Crippen molar-refractivity contribution in [3.8, 4) is 0 Å². The number of halogens is 2. The standard InChI is InChI=1S/C18H18Cl2N2O2/c1-12-4-3-5-14(10-12)18(24)21-8-9-22(13(2)23)15-6-7-16(19)17(20)11-15/h3-7,10-11H,8-9H2,1-2H3,(H,21,24). The van der Waals surface area contributed by atoms with E-state index < -0.39 is 0 Å². The Kier molecular flexibility index (Phi) is 6.23. The molecule has 0 unspecified atom stereocenters. The van der Waals surface area contributed by atoms with Crippen LogP contribution in [0.5, 0.6) is 0 Å². The van der Waals surface area contributed by atoms with Crippen LogP contribution in [0, 0.1) is 6.92 Å². The van der Waals surface area contributed by atoms with Crippen molar-refractivity contribution in [1.29, 1.82) is 0 Å². The summed E-state index contributed by atoms with van der Waals surface area (Å²) in [7, 11) is 0. The number of nitrogens with one attached hydrogen (secondary N) is 1. The van der Waals surface area contributed by atoms with Crippen molar-refractivity contribution in [1.82, 2.24) is 5.32 Å². The Morgan fingerprint density at radius 3 is 2.46 bits per heavy atom. The third kappa shape index (κ3) is 4.73. The van der Waals surface area contributed by atoms with Gasteiger partial charge in [0, 0.05) is 31.3 Å². The number of anilines is 1. The largest absolute Gasteiger partial charge is 0.350 e. The molecular weight excluding hydrogens is 347 g/mol. The van der Waals surface area contributed by atoms with Crippen molar-refractivity contribution in [2.45, 2.75) is 13.8 Å². The predicted molar refractivity (Wildman–Crippen MR) is 98.0 cm³/mol. The highest BCUT2D eigenvalue weighted by Crippen LogP contribution is 2.27. The maximum Gasteiger partial charge on any atom is 0.251 e. The Morgan fingerprint density at radius 1 is 1.08 bits per heavy atom. The molecule has 0 spiro atoms. The van der Waals surface area contributed by atoms with Crippen LogP contribution in [0.3, 0.4) is 0 Å². The molecule has 2 aromatic rings. The fourth-order valence-corrected chi connectivity index (χ4v) is 2.58. The molecule has 0 aliphatic carbocycles. The van der Waals surface area contributed by atoms with Crippen molar-refractivity contribution in [3.05, 3.63) is 63.6 Å². The molecule has 4 nitrogen and oxygen atoms in total. The molecule has 2 aromatic carbocycles. The molecule has 2 rings (SSSR count). The van der Waals surface area contributed by atoms with Crippen LogP contribution < -0.4 is 10.2 Å². The average Bonchev–Trinajstić information content (AvgIpc) is 2.54. The van der Waals surface area contributed by atoms with Crippen LogP contribution in [0.25, 0.3) is 0 Å². The summed E-state index contributed by atoms with van der Waals surface area (Å²) in [6, 6.07) is 12.3. The van der Waals surface area contributed by atoms with Gasteiger partial charge in [0.1, 0.15) is 0 Å². The first-order chi connectivity index (χ1) is 11.4. The third-order valence-electron chi connectivity index (χ3n) is 3.50. The number of benzene rings is 2. The Morgan fingerprint density at radius 2 is 1.83 bits per heavy atom. The van der Waals surface area contributed by atoms with Gasteiger partial charge in [0.15, 0.2) is 0 Å². The lowest BCUT2D eigenvalue weighted by atomic mass is 10.1. The molecule has 0 atom stereocenters. The summed E-state index contributed by atoms with van der Waals surface area (Å²) in [5.74, 6) is -0.311. The summed E-state index contributed by atoms with van der Waals surface area (Å²) in [6.07, 6.45) is 0. The third-order valence-corrected chi connectivity index (χ3v) is 4.24. The zero-order chi connectivity index (χ0) is 17.7. The summed E-state index contributed by atoms with van der Waals surface area (Å²) in [5.41, 5.74) is 2.25. The van der Waals surface area contributed by atoms with E-state index in [1.165, 1.54) is 6.92 Å². The Bertz CT molecular complexity index is 762.